The van der Waals surface area contributed by atoms with E-state index >= 15 is 0 Å². The number of carbonyl (C=O) groups excluding carboxylic acids is 1. The van der Waals surface area contributed by atoms with Crippen molar-refractivity contribution in [1.29, 1.82) is 0 Å². The Labute approximate surface area is 125 Å². The number of benzene rings is 2. The van der Waals surface area contributed by atoms with E-state index < -0.39 is 5.91 Å². The van der Waals surface area contributed by atoms with Crippen molar-refractivity contribution >= 4 is 17.3 Å². The van der Waals surface area contributed by atoms with Crippen molar-refractivity contribution in [3.05, 3.63) is 59.2 Å². The lowest BCUT2D eigenvalue weighted by molar-refractivity contribution is 0.100. The second-order valence-corrected chi connectivity index (χ2v) is 5.31. The first-order valence-electron chi connectivity index (χ1n) is 6.88. The van der Waals surface area contributed by atoms with Crippen LogP contribution in [0.3, 0.4) is 0 Å². The molecule has 2 aromatic rings. The highest BCUT2D eigenvalue weighted by Gasteiger charge is 2.03. The van der Waals surface area contributed by atoms with Crippen molar-refractivity contribution in [1.82, 2.24) is 0 Å². The number of aryl methyl sites for hydroxylation is 1. The van der Waals surface area contributed by atoms with E-state index in [1.165, 1.54) is 11.3 Å². The molecule has 2 aromatic carbocycles. The Hall–Kier alpha value is -2.49. The first-order valence-corrected chi connectivity index (χ1v) is 6.88. The van der Waals surface area contributed by atoms with Gasteiger partial charge in [0.1, 0.15) is 0 Å². The second kappa shape index (κ2) is 6.31. The minimum atomic E-state index is -0.398. The van der Waals surface area contributed by atoms with Gasteiger partial charge in [0.15, 0.2) is 0 Å². The van der Waals surface area contributed by atoms with Crippen LogP contribution < -0.4 is 16.0 Å². The topological polar surface area (TPSA) is 58.4 Å². The van der Waals surface area contributed by atoms with Gasteiger partial charge in [0.05, 0.1) is 0 Å². The summed E-state index contributed by atoms with van der Waals surface area (Å²) >= 11 is 0. The molecule has 0 aliphatic heterocycles. The van der Waals surface area contributed by atoms with Crippen LogP contribution in [0.1, 0.15) is 21.5 Å². The van der Waals surface area contributed by atoms with Crippen LogP contribution in [-0.4, -0.2) is 20.0 Å². The van der Waals surface area contributed by atoms with Crippen molar-refractivity contribution in [3.8, 4) is 0 Å². The zero-order valence-corrected chi connectivity index (χ0v) is 12.7. The minimum absolute atomic E-state index is 0.398. The fraction of sp³-hybridized carbons (Fsp3) is 0.235. The highest BCUT2D eigenvalue weighted by Crippen LogP contribution is 2.21. The molecular formula is C17H21N3O. The molecule has 3 N–H and O–H groups in total. The van der Waals surface area contributed by atoms with E-state index in [-0.39, 0.29) is 0 Å². The van der Waals surface area contributed by atoms with E-state index in [4.69, 9.17) is 5.73 Å². The molecule has 1 amide bonds. The van der Waals surface area contributed by atoms with Crippen LogP contribution in [0.2, 0.25) is 0 Å². The molecule has 4 heteroatoms. The van der Waals surface area contributed by atoms with Gasteiger partial charge in [-0.15, -0.1) is 0 Å². The van der Waals surface area contributed by atoms with Gasteiger partial charge in [0.25, 0.3) is 0 Å². The number of hydrogen-bond donors (Lipinski definition) is 2. The maximum Gasteiger partial charge on any atom is 0.248 e. The number of rotatable bonds is 5. The Morgan fingerprint density at radius 2 is 1.81 bits per heavy atom. The van der Waals surface area contributed by atoms with Crippen LogP contribution >= 0.6 is 0 Å². The number of nitrogens with zero attached hydrogens (tertiary/aromatic N) is 1. The highest BCUT2D eigenvalue weighted by atomic mass is 16.1. The monoisotopic (exact) mass is 283 g/mol. The number of nitrogens with two attached hydrogens (primary N) is 1. The molecular weight excluding hydrogens is 262 g/mol. The Morgan fingerprint density at radius 1 is 1.14 bits per heavy atom. The Bertz CT molecular complexity index is 633. The van der Waals surface area contributed by atoms with Gasteiger partial charge < -0.3 is 16.0 Å². The van der Waals surface area contributed by atoms with E-state index in [1.54, 1.807) is 12.1 Å². The van der Waals surface area contributed by atoms with Crippen LogP contribution in [0.5, 0.6) is 0 Å². The zero-order chi connectivity index (χ0) is 15.4. The summed E-state index contributed by atoms with van der Waals surface area (Å²) in [6.07, 6.45) is 0. The van der Waals surface area contributed by atoms with Gasteiger partial charge >= 0.3 is 0 Å². The average molecular weight is 283 g/mol. The van der Waals surface area contributed by atoms with Crippen LogP contribution in [0, 0.1) is 6.92 Å². The molecule has 0 spiro atoms. The first-order chi connectivity index (χ1) is 9.97. The summed E-state index contributed by atoms with van der Waals surface area (Å²) in [5.41, 5.74) is 10.4. The number of carbonyl (C=O) groups is 1. The molecule has 0 aliphatic rings. The number of hydrogen-bond acceptors (Lipinski definition) is 3. The predicted octanol–water partition coefficient (Wildman–Crippen LogP) is 2.77. The molecule has 2 rings (SSSR count). The van der Waals surface area contributed by atoms with E-state index in [0.29, 0.717) is 12.1 Å². The lowest BCUT2D eigenvalue weighted by atomic mass is 10.1. The molecule has 0 saturated heterocycles. The van der Waals surface area contributed by atoms with Crippen molar-refractivity contribution in [2.45, 2.75) is 13.5 Å². The highest BCUT2D eigenvalue weighted by molar-refractivity contribution is 5.92. The SMILES string of the molecule is Cc1cc(N(C)C)ccc1NCc1ccc(C(N)=O)cc1. The second-order valence-electron chi connectivity index (χ2n) is 5.31. The van der Waals surface area contributed by atoms with E-state index in [9.17, 15) is 4.79 Å². The van der Waals surface area contributed by atoms with Crippen LogP contribution in [0.15, 0.2) is 42.5 Å². The summed E-state index contributed by atoms with van der Waals surface area (Å²) < 4.78 is 0. The first kappa shape index (κ1) is 14.9. The lowest BCUT2D eigenvalue weighted by Gasteiger charge is -2.16. The molecule has 4 nitrogen and oxygen atoms in total. The summed E-state index contributed by atoms with van der Waals surface area (Å²) in [6.45, 7) is 2.80. The van der Waals surface area contributed by atoms with Crippen molar-refractivity contribution in [2.24, 2.45) is 5.73 Å². The molecule has 0 radical (unpaired) electrons. The fourth-order valence-electron chi connectivity index (χ4n) is 2.11. The van der Waals surface area contributed by atoms with E-state index in [1.807, 2.05) is 26.2 Å². The summed E-state index contributed by atoms with van der Waals surface area (Å²) in [4.78, 5) is 13.1. The quantitative estimate of drug-likeness (QED) is 0.887. The third-order valence-corrected chi connectivity index (χ3v) is 3.45. The number of primary amides is 1. The van der Waals surface area contributed by atoms with Gasteiger partial charge in [0, 0.05) is 37.6 Å². The van der Waals surface area contributed by atoms with Crippen molar-refractivity contribution in [3.63, 3.8) is 0 Å². The molecule has 0 atom stereocenters. The van der Waals surface area contributed by atoms with Crippen LogP contribution in [0.25, 0.3) is 0 Å². The van der Waals surface area contributed by atoms with Gasteiger partial charge in [-0.2, -0.15) is 0 Å². The molecule has 0 saturated carbocycles. The normalized spacial score (nSPS) is 10.2. The maximum atomic E-state index is 11.0. The van der Waals surface area contributed by atoms with Gasteiger partial charge in [-0.3, -0.25) is 4.79 Å². The van der Waals surface area contributed by atoms with Crippen molar-refractivity contribution < 1.29 is 4.79 Å². The molecule has 0 aromatic heterocycles. The fourth-order valence-corrected chi connectivity index (χ4v) is 2.11. The zero-order valence-electron chi connectivity index (χ0n) is 12.7. The largest absolute Gasteiger partial charge is 0.381 e. The summed E-state index contributed by atoms with van der Waals surface area (Å²) in [5.74, 6) is -0.398. The number of amides is 1. The van der Waals surface area contributed by atoms with Crippen LogP contribution in [-0.2, 0) is 6.54 Å². The summed E-state index contributed by atoms with van der Waals surface area (Å²) in [5, 5.41) is 3.41. The molecule has 0 bridgehead atoms. The van der Waals surface area contributed by atoms with E-state index in [0.717, 1.165) is 11.3 Å². The average Bonchev–Trinajstić information content (AvgIpc) is 2.46. The third-order valence-electron chi connectivity index (χ3n) is 3.45. The summed E-state index contributed by atoms with van der Waals surface area (Å²) in [7, 11) is 4.06. The minimum Gasteiger partial charge on any atom is -0.381 e. The number of anilines is 2. The molecule has 0 aliphatic carbocycles. The van der Waals surface area contributed by atoms with Gasteiger partial charge in [0.2, 0.25) is 5.91 Å². The Kier molecular flexibility index (Phi) is 4.48. The molecule has 0 fully saturated rings. The standard InChI is InChI=1S/C17H21N3O/c1-12-10-15(20(2)3)8-9-16(12)19-11-13-4-6-14(7-5-13)17(18)21/h4-10,19H,11H2,1-3H3,(H2,18,21). The Balaban J connectivity index is 2.04. The summed E-state index contributed by atoms with van der Waals surface area (Å²) in [6, 6.07) is 13.7. The van der Waals surface area contributed by atoms with Gasteiger partial charge in [-0.25, -0.2) is 0 Å². The van der Waals surface area contributed by atoms with Crippen LogP contribution in [0.4, 0.5) is 11.4 Å². The molecule has 21 heavy (non-hydrogen) atoms. The molecule has 0 unspecified atom stereocenters. The van der Waals surface area contributed by atoms with Gasteiger partial charge in [-0.05, 0) is 48.4 Å². The molecule has 110 valence electrons. The predicted molar refractivity (Wildman–Crippen MR) is 87.8 cm³/mol. The van der Waals surface area contributed by atoms with Crippen molar-refractivity contribution in [2.75, 3.05) is 24.3 Å². The smallest absolute Gasteiger partial charge is 0.248 e. The third kappa shape index (κ3) is 3.75. The van der Waals surface area contributed by atoms with E-state index in [2.05, 4.69) is 35.3 Å². The lowest BCUT2D eigenvalue weighted by Crippen LogP contribution is -2.11. The maximum absolute atomic E-state index is 11.0. The molecule has 0 heterocycles. The number of nitrogens with one attached hydrogen (secondary N) is 1. The van der Waals surface area contributed by atoms with Gasteiger partial charge in [-0.1, -0.05) is 12.1 Å². The Morgan fingerprint density at radius 3 is 2.33 bits per heavy atom.